The van der Waals surface area contributed by atoms with Crippen LogP contribution in [0.4, 0.5) is 0 Å². The molecule has 27 heavy (non-hydrogen) atoms. The summed E-state index contributed by atoms with van der Waals surface area (Å²) in [5.41, 5.74) is 5.01. The Labute approximate surface area is 163 Å². The lowest BCUT2D eigenvalue weighted by Gasteiger charge is -2.12. The van der Waals surface area contributed by atoms with Crippen LogP contribution >= 0.6 is 11.6 Å². The summed E-state index contributed by atoms with van der Waals surface area (Å²) in [5, 5.41) is 1.75. The number of halogens is 1. The molecule has 0 N–H and O–H groups in total. The van der Waals surface area contributed by atoms with Crippen molar-refractivity contribution in [3.05, 3.63) is 77.8 Å². The number of ether oxygens (including phenoxy) is 2. The second kappa shape index (κ2) is 7.29. The Balaban J connectivity index is 1.94. The monoisotopic (exact) mass is 375 g/mol. The van der Waals surface area contributed by atoms with Crippen molar-refractivity contribution in [3.63, 3.8) is 0 Å². The van der Waals surface area contributed by atoms with Gasteiger partial charge in [0, 0.05) is 16.0 Å². The number of pyridine rings is 1. The molecular formula is C23H18ClNO2. The lowest BCUT2D eigenvalue weighted by molar-refractivity contribution is 0.415. The molecule has 3 aromatic carbocycles. The Bertz CT molecular complexity index is 1090. The van der Waals surface area contributed by atoms with Crippen molar-refractivity contribution in [2.75, 3.05) is 14.2 Å². The number of fused-ring (bicyclic) bond motifs is 1. The zero-order valence-corrected chi connectivity index (χ0v) is 15.8. The van der Waals surface area contributed by atoms with Crippen molar-refractivity contribution in [3.8, 4) is 33.9 Å². The molecule has 134 valence electrons. The maximum absolute atomic E-state index is 6.08. The van der Waals surface area contributed by atoms with Crippen LogP contribution in [0.15, 0.2) is 72.8 Å². The molecular weight excluding hydrogens is 358 g/mol. The SMILES string of the molecule is COc1ccc(-c2cc(-c3ccc(Cl)cc3)c3cc(OC)ccc3n2)cc1. The van der Waals surface area contributed by atoms with Crippen molar-refractivity contribution in [2.24, 2.45) is 0 Å². The minimum Gasteiger partial charge on any atom is -0.497 e. The molecule has 0 aliphatic rings. The highest BCUT2D eigenvalue weighted by Gasteiger charge is 2.11. The van der Waals surface area contributed by atoms with Gasteiger partial charge in [-0.3, -0.25) is 0 Å². The van der Waals surface area contributed by atoms with Crippen LogP contribution in [0.3, 0.4) is 0 Å². The number of nitrogens with zero attached hydrogens (tertiary/aromatic N) is 1. The molecule has 4 rings (SSSR count). The van der Waals surface area contributed by atoms with E-state index in [2.05, 4.69) is 6.07 Å². The Morgan fingerprint density at radius 2 is 1.33 bits per heavy atom. The van der Waals surface area contributed by atoms with Crippen molar-refractivity contribution < 1.29 is 9.47 Å². The van der Waals surface area contributed by atoms with E-state index in [0.29, 0.717) is 5.02 Å². The van der Waals surface area contributed by atoms with E-state index in [4.69, 9.17) is 26.1 Å². The van der Waals surface area contributed by atoms with Crippen LogP contribution in [0.5, 0.6) is 11.5 Å². The van der Waals surface area contributed by atoms with E-state index in [1.54, 1.807) is 14.2 Å². The van der Waals surface area contributed by atoms with E-state index in [-0.39, 0.29) is 0 Å². The molecule has 0 bridgehead atoms. The van der Waals surface area contributed by atoms with Crippen LogP contribution in [0.1, 0.15) is 0 Å². The average Bonchev–Trinajstić information content (AvgIpc) is 2.73. The van der Waals surface area contributed by atoms with Crippen molar-refractivity contribution >= 4 is 22.5 Å². The van der Waals surface area contributed by atoms with Gasteiger partial charge in [-0.25, -0.2) is 4.98 Å². The van der Waals surface area contributed by atoms with Crippen molar-refractivity contribution in [1.82, 2.24) is 4.98 Å². The van der Waals surface area contributed by atoms with Crippen LogP contribution in [0, 0.1) is 0 Å². The molecule has 0 saturated carbocycles. The zero-order chi connectivity index (χ0) is 18.8. The summed E-state index contributed by atoms with van der Waals surface area (Å²) in [6.45, 7) is 0. The van der Waals surface area contributed by atoms with E-state index >= 15 is 0 Å². The molecule has 3 nitrogen and oxygen atoms in total. The Hall–Kier alpha value is -3.04. The summed E-state index contributed by atoms with van der Waals surface area (Å²) in [6, 6.07) is 23.8. The van der Waals surface area contributed by atoms with Gasteiger partial charge in [-0.05, 0) is 71.8 Å². The Kier molecular flexibility index (Phi) is 4.69. The molecule has 0 fully saturated rings. The summed E-state index contributed by atoms with van der Waals surface area (Å²) in [5.74, 6) is 1.62. The van der Waals surface area contributed by atoms with Gasteiger partial charge in [0.25, 0.3) is 0 Å². The third-order valence-electron chi connectivity index (χ3n) is 4.56. The molecule has 0 aliphatic carbocycles. The molecule has 0 aliphatic heterocycles. The molecule has 0 amide bonds. The van der Waals surface area contributed by atoms with Gasteiger partial charge in [0.1, 0.15) is 11.5 Å². The summed E-state index contributed by atoms with van der Waals surface area (Å²) in [7, 11) is 3.33. The normalized spacial score (nSPS) is 10.8. The first kappa shape index (κ1) is 17.4. The molecule has 0 atom stereocenters. The van der Waals surface area contributed by atoms with Gasteiger partial charge < -0.3 is 9.47 Å². The third kappa shape index (κ3) is 3.46. The first-order valence-corrected chi connectivity index (χ1v) is 8.95. The fourth-order valence-electron chi connectivity index (χ4n) is 3.11. The van der Waals surface area contributed by atoms with E-state index in [1.807, 2.05) is 66.7 Å². The van der Waals surface area contributed by atoms with E-state index in [0.717, 1.165) is 44.8 Å². The third-order valence-corrected chi connectivity index (χ3v) is 4.81. The van der Waals surface area contributed by atoms with Gasteiger partial charge in [0.05, 0.1) is 25.4 Å². The van der Waals surface area contributed by atoms with Crippen molar-refractivity contribution in [1.29, 1.82) is 0 Å². The molecule has 0 spiro atoms. The predicted molar refractivity (Wildman–Crippen MR) is 111 cm³/mol. The first-order valence-electron chi connectivity index (χ1n) is 8.57. The van der Waals surface area contributed by atoms with Gasteiger partial charge >= 0.3 is 0 Å². The number of rotatable bonds is 4. The number of benzene rings is 3. The predicted octanol–water partition coefficient (Wildman–Crippen LogP) is 6.24. The standard InChI is InChI=1S/C23H18ClNO2/c1-26-18-9-5-16(6-10-18)23-14-20(15-3-7-17(24)8-4-15)21-13-19(27-2)11-12-22(21)25-23/h3-14H,1-2H3. The summed E-state index contributed by atoms with van der Waals surface area (Å²) in [4.78, 5) is 4.86. The smallest absolute Gasteiger partial charge is 0.119 e. The molecule has 1 heterocycles. The average molecular weight is 376 g/mol. The number of hydrogen-bond acceptors (Lipinski definition) is 3. The van der Waals surface area contributed by atoms with Crippen LogP contribution in [-0.2, 0) is 0 Å². The molecule has 0 saturated heterocycles. The van der Waals surface area contributed by atoms with Crippen LogP contribution in [0.25, 0.3) is 33.3 Å². The fraction of sp³-hybridized carbons (Fsp3) is 0.0870. The van der Waals surface area contributed by atoms with Gasteiger partial charge in [-0.1, -0.05) is 23.7 Å². The summed E-state index contributed by atoms with van der Waals surface area (Å²) in [6.07, 6.45) is 0. The second-order valence-corrected chi connectivity index (χ2v) is 6.61. The largest absolute Gasteiger partial charge is 0.497 e. The highest BCUT2D eigenvalue weighted by molar-refractivity contribution is 6.30. The second-order valence-electron chi connectivity index (χ2n) is 6.17. The van der Waals surface area contributed by atoms with Gasteiger partial charge in [0.2, 0.25) is 0 Å². The lowest BCUT2D eigenvalue weighted by atomic mass is 9.98. The lowest BCUT2D eigenvalue weighted by Crippen LogP contribution is -1.92. The quantitative estimate of drug-likeness (QED) is 0.423. The Morgan fingerprint density at radius 3 is 2.00 bits per heavy atom. The van der Waals surface area contributed by atoms with Gasteiger partial charge in [-0.15, -0.1) is 0 Å². The highest BCUT2D eigenvalue weighted by Crippen LogP contribution is 2.34. The molecule has 0 radical (unpaired) electrons. The van der Waals surface area contributed by atoms with Crippen molar-refractivity contribution in [2.45, 2.75) is 0 Å². The zero-order valence-electron chi connectivity index (χ0n) is 15.1. The number of aromatic nitrogens is 1. The van der Waals surface area contributed by atoms with Crippen LogP contribution in [0.2, 0.25) is 5.02 Å². The van der Waals surface area contributed by atoms with E-state index < -0.39 is 0 Å². The summed E-state index contributed by atoms with van der Waals surface area (Å²) >= 11 is 6.08. The number of hydrogen-bond donors (Lipinski definition) is 0. The molecule has 4 heteroatoms. The maximum Gasteiger partial charge on any atom is 0.119 e. The highest BCUT2D eigenvalue weighted by atomic mass is 35.5. The summed E-state index contributed by atoms with van der Waals surface area (Å²) < 4.78 is 10.7. The molecule has 4 aromatic rings. The minimum atomic E-state index is 0.713. The Morgan fingerprint density at radius 1 is 0.704 bits per heavy atom. The van der Waals surface area contributed by atoms with E-state index in [1.165, 1.54) is 0 Å². The molecule has 1 aromatic heterocycles. The molecule has 0 unspecified atom stereocenters. The topological polar surface area (TPSA) is 31.4 Å². The fourth-order valence-corrected chi connectivity index (χ4v) is 3.24. The number of methoxy groups -OCH3 is 2. The van der Waals surface area contributed by atoms with E-state index in [9.17, 15) is 0 Å². The first-order chi connectivity index (χ1) is 13.2. The van der Waals surface area contributed by atoms with Crippen LogP contribution < -0.4 is 9.47 Å². The minimum absolute atomic E-state index is 0.713. The van der Waals surface area contributed by atoms with Gasteiger partial charge in [0.15, 0.2) is 0 Å². The van der Waals surface area contributed by atoms with Gasteiger partial charge in [-0.2, -0.15) is 0 Å². The maximum atomic E-state index is 6.08. The van der Waals surface area contributed by atoms with Crippen LogP contribution in [-0.4, -0.2) is 19.2 Å².